The van der Waals surface area contributed by atoms with E-state index < -0.39 is 15.6 Å². The molecular formula is C25H32N4OS. The minimum Gasteiger partial charge on any atom is -0.305 e. The van der Waals surface area contributed by atoms with E-state index in [1.54, 1.807) is 0 Å². The van der Waals surface area contributed by atoms with Crippen LogP contribution in [0.4, 0.5) is 10.5 Å². The summed E-state index contributed by atoms with van der Waals surface area (Å²) in [5, 5.41) is 9.54. The maximum absolute atomic E-state index is 12.9. The van der Waals surface area contributed by atoms with Gasteiger partial charge in [-0.05, 0) is 101 Å². The molecule has 2 aromatic rings. The van der Waals surface area contributed by atoms with Crippen LogP contribution in [-0.4, -0.2) is 30.4 Å². The Hall–Kier alpha value is -2.41. The van der Waals surface area contributed by atoms with Gasteiger partial charge in [0.2, 0.25) is 0 Å². The third-order valence-electron chi connectivity index (χ3n) is 6.18. The van der Waals surface area contributed by atoms with Crippen molar-refractivity contribution < 1.29 is 4.79 Å². The fourth-order valence-electron chi connectivity index (χ4n) is 4.72. The molecule has 0 saturated heterocycles. The number of rotatable bonds is 6. The normalized spacial score (nSPS) is 16.5. The Labute approximate surface area is 186 Å². The van der Waals surface area contributed by atoms with Crippen LogP contribution in [0.25, 0.3) is 0 Å². The van der Waals surface area contributed by atoms with Gasteiger partial charge in [-0.3, -0.25) is 10.0 Å². The van der Waals surface area contributed by atoms with Gasteiger partial charge >= 0.3 is 6.03 Å². The summed E-state index contributed by atoms with van der Waals surface area (Å²) in [6, 6.07) is 9.89. The first-order chi connectivity index (χ1) is 14.9. The fraction of sp³-hybridized carbons (Fsp3) is 0.360. The second-order valence-electron chi connectivity index (χ2n) is 8.64. The lowest BCUT2D eigenvalue weighted by Crippen LogP contribution is -2.19. The number of carbonyl (C=O) groups excluding carboxylic acids is 1. The zero-order valence-electron chi connectivity index (χ0n) is 18.3. The van der Waals surface area contributed by atoms with Crippen molar-refractivity contribution in [3.63, 3.8) is 0 Å². The number of fused-ring (bicyclic) bond motifs is 2. The van der Waals surface area contributed by atoms with Crippen LogP contribution in [0.15, 0.2) is 52.2 Å². The van der Waals surface area contributed by atoms with Crippen LogP contribution in [0.5, 0.6) is 0 Å². The highest BCUT2D eigenvalue weighted by Gasteiger charge is 2.25. The van der Waals surface area contributed by atoms with Crippen LogP contribution >= 0.6 is 0 Å². The second kappa shape index (κ2) is 8.99. The quantitative estimate of drug-likeness (QED) is 0.517. The molecule has 0 spiro atoms. The lowest BCUT2D eigenvalue weighted by Gasteiger charge is -2.17. The molecule has 0 aromatic heterocycles. The summed E-state index contributed by atoms with van der Waals surface area (Å²) in [7, 11) is -0.282. The first kappa shape index (κ1) is 21.8. The summed E-state index contributed by atoms with van der Waals surface area (Å²) in [6.45, 7) is 5.41. The maximum Gasteiger partial charge on any atom is 0.352 e. The number of carbonyl (C=O) groups is 1. The van der Waals surface area contributed by atoms with Crippen molar-refractivity contribution in [3.8, 4) is 0 Å². The van der Waals surface area contributed by atoms with Crippen molar-refractivity contribution >= 4 is 27.2 Å². The summed E-state index contributed by atoms with van der Waals surface area (Å²) in [4.78, 5) is 15.9. The van der Waals surface area contributed by atoms with E-state index in [0.29, 0.717) is 0 Å². The molecule has 4 rings (SSSR count). The molecular weight excluding hydrogens is 404 g/mol. The van der Waals surface area contributed by atoms with Gasteiger partial charge in [0.25, 0.3) is 0 Å². The predicted molar refractivity (Wildman–Crippen MR) is 132 cm³/mol. The number of aryl methyl sites for hydroxylation is 2. The molecule has 2 aliphatic rings. The molecule has 1 atom stereocenters. The molecule has 0 bridgehead atoms. The summed E-state index contributed by atoms with van der Waals surface area (Å²) >= 11 is 0. The van der Waals surface area contributed by atoms with Gasteiger partial charge in [-0.1, -0.05) is 24.3 Å². The minimum absolute atomic E-state index is 0.392. The molecule has 2 aromatic carbocycles. The van der Waals surface area contributed by atoms with E-state index in [1.165, 1.54) is 27.8 Å². The molecule has 164 valence electrons. The van der Waals surface area contributed by atoms with Crippen LogP contribution in [-0.2, 0) is 41.8 Å². The lowest BCUT2D eigenvalue weighted by atomic mass is 9.99. The van der Waals surface area contributed by atoms with Gasteiger partial charge in [-0.15, -0.1) is 6.58 Å². The van der Waals surface area contributed by atoms with Gasteiger partial charge in [-0.25, -0.2) is 4.79 Å². The topological polar surface area (TPSA) is 70.7 Å². The Morgan fingerprint density at radius 1 is 1.16 bits per heavy atom. The summed E-state index contributed by atoms with van der Waals surface area (Å²) in [5.74, 6) is 4.10. The van der Waals surface area contributed by atoms with Crippen molar-refractivity contribution in [2.75, 3.05) is 18.9 Å². The van der Waals surface area contributed by atoms with Crippen LogP contribution in [0.3, 0.4) is 0 Å². The largest absolute Gasteiger partial charge is 0.352 e. The number of hydrogen-bond acceptors (Lipinski definition) is 2. The van der Waals surface area contributed by atoms with E-state index in [4.69, 9.17) is 5.14 Å². The van der Waals surface area contributed by atoms with Gasteiger partial charge in [-0.2, -0.15) is 4.36 Å². The molecule has 0 aliphatic heterocycles. The summed E-state index contributed by atoms with van der Waals surface area (Å²) in [5.41, 5.74) is 7.51. The Bertz CT molecular complexity index is 1090. The van der Waals surface area contributed by atoms with E-state index in [9.17, 15) is 4.79 Å². The van der Waals surface area contributed by atoms with Crippen molar-refractivity contribution in [1.29, 1.82) is 0 Å². The minimum atomic E-state index is -2.33. The number of hydrogen-bond donors (Lipinski definition) is 2. The van der Waals surface area contributed by atoms with Crippen LogP contribution < -0.4 is 10.5 Å². The van der Waals surface area contributed by atoms with Crippen molar-refractivity contribution in [2.45, 2.75) is 50.0 Å². The summed E-state index contributed by atoms with van der Waals surface area (Å²) in [6.07, 6.45) is 8.41. The standard InChI is InChI=1S/C25H32N4OS/c1-4-15-29(2)17-18-11-13-21(14-12-18)31(3,26)28-25(30)27-24-22-9-5-7-19(22)16-20-8-6-10-23(20)24/h4,11-14,16H,1,3,5-10,15,17H2,2H3,(H3,26,27,28,30). The monoisotopic (exact) mass is 436 g/mol. The van der Waals surface area contributed by atoms with E-state index in [1.807, 2.05) is 37.4 Å². The first-order valence-corrected chi connectivity index (χ1v) is 12.7. The average molecular weight is 437 g/mol. The van der Waals surface area contributed by atoms with E-state index in [2.05, 4.69) is 33.1 Å². The van der Waals surface area contributed by atoms with Crippen molar-refractivity contribution in [1.82, 2.24) is 4.90 Å². The average Bonchev–Trinajstić information content (AvgIpc) is 3.37. The SMILES string of the molecule is C=CCN(C)Cc1ccc(S(=C)(N)=NC(=O)Nc2c3c(cc4c2CCC4)CCC3)cc1. The van der Waals surface area contributed by atoms with Gasteiger partial charge in [0.05, 0.1) is 0 Å². The molecule has 1 unspecified atom stereocenters. The number of anilines is 1. The van der Waals surface area contributed by atoms with E-state index in [-0.39, 0.29) is 0 Å². The number of amides is 2. The van der Waals surface area contributed by atoms with Crippen molar-refractivity contribution in [2.24, 2.45) is 9.50 Å². The summed E-state index contributed by atoms with van der Waals surface area (Å²) < 4.78 is 4.32. The Morgan fingerprint density at radius 2 is 1.77 bits per heavy atom. The highest BCUT2D eigenvalue weighted by atomic mass is 32.2. The Balaban J connectivity index is 1.54. The molecule has 0 saturated carbocycles. The fourth-order valence-corrected chi connectivity index (χ4v) is 5.78. The predicted octanol–water partition coefficient (Wildman–Crippen LogP) is 4.52. The Kier molecular flexibility index (Phi) is 6.32. The molecule has 31 heavy (non-hydrogen) atoms. The maximum atomic E-state index is 12.9. The molecule has 6 heteroatoms. The smallest absolute Gasteiger partial charge is 0.305 e. The third-order valence-corrected chi connectivity index (χ3v) is 7.76. The third kappa shape index (κ3) is 4.76. The number of nitrogens with one attached hydrogen (secondary N) is 1. The first-order valence-electron chi connectivity index (χ1n) is 10.9. The molecule has 0 radical (unpaired) electrons. The molecule has 0 fully saturated rings. The highest BCUT2D eigenvalue weighted by molar-refractivity contribution is 8.00. The van der Waals surface area contributed by atoms with Crippen LogP contribution in [0, 0.1) is 0 Å². The number of benzene rings is 2. The molecule has 2 amide bonds. The number of nitrogens with zero attached hydrogens (tertiary/aromatic N) is 2. The zero-order chi connectivity index (χ0) is 22.0. The van der Waals surface area contributed by atoms with Gasteiger partial charge in [0.15, 0.2) is 0 Å². The molecule has 3 N–H and O–H groups in total. The van der Waals surface area contributed by atoms with Crippen LogP contribution in [0.2, 0.25) is 0 Å². The molecule has 0 heterocycles. The second-order valence-corrected chi connectivity index (χ2v) is 10.8. The molecule has 2 aliphatic carbocycles. The van der Waals surface area contributed by atoms with Gasteiger partial charge in [0.1, 0.15) is 0 Å². The van der Waals surface area contributed by atoms with Crippen molar-refractivity contribution in [3.05, 3.63) is 70.8 Å². The number of likely N-dealkylation sites (N-methyl/N-ethyl adjacent to an activating group) is 1. The number of urea groups is 1. The number of nitrogens with two attached hydrogens (primary N) is 1. The zero-order valence-corrected chi connectivity index (χ0v) is 19.1. The van der Waals surface area contributed by atoms with Crippen LogP contribution in [0.1, 0.15) is 40.7 Å². The lowest BCUT2D eigenvalue weighted by molar-refractivity contribution is 0.260. The molecule has 5 nitrogen and oxygen atoms in total. The van der Waals surface area contributed by atoms with E-state index >= 15 is 0 Å². The van der Waals surface area contributed by atoms with Gasteiger partial charge < -0.3 is 5.32 Å². The van der Waals surface area contributed by atoms with E-state index in [0.717, 1.165) is 62.2 Å². The Morgan fingerprint density at radius 3 is 2.35 bits per heavy atom. The highest BCUT2D eigenvalue weighted by Crippen LogP contribution is 2.38. The van der Waals surface area contributed by atoms with Gasteiger partial charge in [0, 0.05) is 23.7 Å².